The summed E-state index contributed by atoms with van der Waals surface area (Å²) in [6.07, 6.45) is 16.0. The number of rotatable bonds is 19. The van der Waals surface area contributed by atoms with Gasteiger partial charge >= 0.3 is 11.9 Å². The summed E-state index contributed by atoms with van der Waals surface area (Å²) < 4.78 is 10.4. The first-order valence-electron chi connectivity index (χ1n) is 12.4. The van der Waals surface area contributed by atoms with Crippen molar-refractivity contribution in [2.75, 3.05) is 6.61 Å². The zero-order valence-corrected chi connectivity index (χ0v) is 22.2. The lowest BCUT2D eigenvalue weighted by Gasteiger charge is -2.09. The first-order valence-corrected chi connectivity index (χ1v) is 13.5. The monoisotopic (exact) mass is 520 g/mol. The molecule has 0 fully saturated rings. The normalized spacial score (nSPS) is 10.9. The molecule has 0 atom stereocenters. The van der Waals surface area contributed by atoms with Crippen LogP contribution >= 0.6 is 34.8 Å². The Bertz CT molecular complexity index is 671. The van der Waals surface area contributed by atoms with E-state index in [1.165, 1.54) is 64.2 Å². The summed E-state index contributed by atoms with van der Waals surface area (Å²) in [5, 5.41) is 1.12. The quantitative estimate of drug-likeness (QED) is 0.134. The molecule has 0 aliphatic rings. The Labute approximate surface area is 214 Å². The fourth-order valence-corrected chi connectivity index (χ4v) is 4.44. The third kappa shape index (κ3) is 15.5. The lowest BCUT2D eigenvalue weighted by molar-refractivity contribution is -0.146. The topological polar surface area (TPSA) is 52.6 Å². The van der Waals surface area contributed by atoms with Crippen molar-refractivity contribution in [1.82, 2.24) is 0 Å². The Hall–Kier alpha value is -0.970. The van der Waals surface area contributed by atoms with Crippen molar-refractivity contribution in [3.05, 3.63) is 32.8 Å². The predicted octanol–water partition coefficient (Wildman–Crippen LogP) is 9.10. The minimum atomic E-state index is -0.411. The molecule has 0 heterocycles. The van der Waals surface area contributed by atoms with Crippen LogP contribution in [0.1, 0.15) is 109 Å². The molecule has 33 heavy (non-hydrogen) atoms. The molecule has 1 aromatic rings. The molecule has 0 N–H and O–H groups in total. The third-order valence-corrected chi connectivity index (χ3v) is 6.40. The molecular formula is C26H39Cl3O4. The van der Waals surface area contributed by atoms with Crippen molar-refractivity contribution in [2.45, 2.75) is 110 Å². The Kier molecular flexibility index (Phi) is 17.6. The molecule has 0 spiro atoms. The van der Waals surface area contributed by atoms with Gasteiger partial charge in [-0.3, -0.25) is 9.59 Å². The van der Waals surface area contributed by atoms with Crippen LogP contribution in [0.3, 0.4) is 0 Å². The molecule has 1 aromatic carbocycles. The van der Waals surface area contributed by atoms with Gasteiger partial charge in [0.1, 0.15) is 6.61 Å². The van der Waals surface area contributed by atoms with E-state index in [1.807, 2.05) is 0 Å². The molecule has 0 aliphatic carbocycles. The van der Waals surface area contributed by atoms with E-state index in [1.54, 1.807) is 12.1 Å². The van der Waals surface area contributed by atoms with E-state index < -0.39 is 5.97 Å². The van der Waals surface area contributed by atoms with Crippen LogP contribution in [0.4, 0.5) is 0 Å². The average Bonchev–Trinajstić information content (AvgIpc) is 2.76. The Morgan fingerprint density at radius 1 is 0.667 bits per heavy atom. The third-order valence-electron chi connectivity index (χ3n) is 5.51. The molecular weight excluding hydrogens is 483 g/mol. The first-order chi connectivity index (χ1) is 15.9. The van der Waals surface area contributed by atoms with Gasteiger partial charge in [0.05, 0.1) is 16.7 Å². The highest BCUT2D eigenvalue weighted by Gasteiger charge is 2.12. The minimum Gasteiger partial charge on any atom is -0.466 e. The molecule has 0 saturated carbocycles. The number of hydrogen-bond donors (Lipinski definition) is 0. The largest absolute Gasteiger partial charge is 0.466 e. The molecule has 7 heteroatoms. The molecule has 0 amide bonds. The molecule has 188 valence electrons. The van der Waals surface area contributed by atoms with Gasteiger partial charge in [-0.25, -0.2) is 0 Å². The van der Waals surface area contributed by atoms with Gasteiger partial charge in [0.15, 0.2) is 0 Å². The number of carbonyl (C=O) groups excluding carboxylic acids is 2. The van der Waals surface area contributed by atoms with Gasteiger partial charge in [0, 0.05) is 23.4 Å². The first kappa shape index (κ1) is 30.1. The molecule has 0 unspecified atom stereocenters. The lowest BCUT2D eigenvalue weighted by Crippen LogP contribution is -2.09. The Morgan fingerprint density at radius 3 is 1.64 bits per heavy atom. The zero-order chi connectivity index (χ0) is 24.3. The maximum absolute atomic E-state index is 11.9. The van der Waals surface area contributed by atoms with Crippen LogP contribution in [-0.2, 0) is 25.7 Å². The molecule has 0 radical (unpaired) electrons. The van der Waals surface area contributed by atoms with E-state index >= 15 is 0 Å². The van der Waals surface area contributed by atoms with E-state index in [9.17, 15) is 9.59 Å². The highest BCUT2D eigenvalue weighted by molar-refractivity contribution is 6.39. The minimum absolute atomic E-state index is 0.0307. The number of carbonyl (C=O) groups is 2. The Balaban J connectivity index is 1.95. The molecule has 4 nitrogen and oxygen atoms in total. The van der Waals surface area contributed by atoms with Crippen molar-refractivity contribution in [1.29, 1.82) is 0 Å². The van der Waals surface area contributed by atoms with Crippen LogP contribution in [0.5, 0.6) is 0 Å². The molecule has 0 saturated heterocycles. The molecule has 0 aromatic heterocycles. The number of hydrogen-bond acceptors (Lipinski definition) is 4. The summed E-state index contributed by atoms with van der Waals surface area (Å²) in [7, 11) is 0. The van der Waals surface area contributed by atoms with Gasteiger partial charge < -0.3 is 9.47 Å². The van der Waals surface area contributed by atoms with Crippen molar-refractivity contribution in [2.24, 2.45) is 0 Å². The lowest BCUT2D eigenvalue weighted by atomic mass is 10.1. The van der Waals surface area contributed by atoms with Gasteiger partial charge in [-0.1, -0.05) is 112 Å². The van der Waals surface area contributed by atoms with Gasteiger partial charge in [-0.15, -0.1) is 0 Å². The van der Waals surface area contributed by atoms with Crippen LogP contribution in [0.25, 0.3) is 0 Å². The van der Waals surface area contributed by atoms with Crippen molar-refractivity contribution in [3.8, 4) is 0 Å². The van der Waals surface area contributed by atoms with Gasteiger partial charge in [-0.2, -0.15) is 0 Å². The fraction of sp³-hybridized carbons (Fsp3) is 0.692. The number of ether oxygens (including phenoxy) is 2. The van der Waals surface area contributed by atoms with E-state index in [4.69, 9.17) is 44.3 Å². The van der Waals surface area contributed by atoms with Crippen LogP contribution in [0, 0.1) is 0 Å². The van der Waals surface area contributed by atoms with Gasteiger partial charge in [0.2, 0.25) is 0 Å². The fourth-order valence-electron chi connectivity index (χ4n) is 3.51. The van der Waals surface area contributed by atoms with Crippen LogP contribution in [0.15, 0.2) is 12.1 Å². The number of unbranched alkanes of at least 4 members (excludes halogenated alkanes) is 11. The summed E-state index contributed by atoms with van der Waals surface area (Å²) >= 11 is 18.0. The highest BCUT2D eigenvalue weighted by Crippen LogP contribution is 2.29. The second-order valence-corrected chi connectivity index (χ2v) is 9.72. The van der Waals surface area contributed by atoms with Crippen molar-refractivity contribution < 1.29 is 19.1 Å². The molecule has 0 aliphatic heterocycles. The number of benzene rings is 1. The van der Waals surface area contributed by atoms with Gasteiger partial charge in [-0.05, 0) is 25.0 Å². The summed E-state index contributed by atoms with van der Waals surface area (Å²) in [5.41, 5.74) is 0.512. The second-order valence-electron chi connectivity index (χ2n) is 8.47. The maximum Gasteiger partial charge on any atom is 0.306 e. The van der Waals surface area contributed by atoms with Gasteiger partial charge in [0.25, 0.3) is 0 Å². The molecule has 1 rings (SSSR count). The predicted molar refractivity (Wildman–Crippen MR) is 137 cm³/mol. The van der Waals surface area contributed by atoms with Crippen LogP contribution in [-0.4, -0.2) is 18.5 Å². The van der Waals surface area contributed by atoms with E-state index in [0.717, 1.165) is 12.8 Å². The standard InChI is InChI=1S/C26H39Cl3O4/c1-2-3-4-5-6-7-8-9-10-11-12-13-17-32-25(30)15-14-16-26(31)33-20-22-23(28)18-21(27)19-24(22)29/h18-19H,2-17,20H2,1H3. The van der Waals surface area contributed by atoms with Crippen molar-refractivity contribution in [3.63, 3.8) is 0 Å². The van der Waals surface area contributed by atoms with Crippen molar-refractivity contribution >= 4 is 46.7 Å². The van der Waals surface area contributed by atoms with E-state index in [0.29, 0.717) is 33.7 Å². The summed E-state index contributed by atoms with van der Waals surface area (Å²) in [6, 6.07) is 3.09. The SMILES string of the molecule is CCCCCCCCCCCCCCOC(=O)CCCC(=O)OCc1c(Cl)cc(Cl)cc1Cl. The number of esters is 2. The highest BCUT2D eigenvalue weighted by atomic mass is 35.5. The summed E-state index contributed by atoms with van der Waals surface area (Å²) in [5.74, 6) is -0.680. The summed E-state index contributed by atoms with van der Waals surface area (Å²) in [6.45, 7) is 2.67. The van der Waals surface area contributed by atoms with E-state index in [2.05, 4.69) is 6.92 Å². The van der Waals surface area contributed by atoms with Crippen LogP contribution < -0.4 is 0 Å². The Morgan fingerprint density at radius 2 is 1.12 bits per heavy atom. The smallest absolute Gasteiger partial charge is 0.306 e. The summed E-state index contributed by atoms with van der Waals surface area (Å²) in [4.78, 5) is 23.7. The van der Waals surface area contributed by atoms with E-state index in [-0.39, 0.29) is 25.4 Å². The number of halogens is 3. The van der Waals surface area contributed by atoms with Crippen LogP contribution in [0.2, 0.25) is 15.1 Å². The average molecular weight is 522 g/mol. The second kappa shape index (κ2) is 19.3. The molecule has 0 bridgehead atoms. The maximum atomic E-state index is 11.9. The zero-order valence-electron chi connectivity index (χ0n) is 19.9.